The lowest BCUT2D eigenvalue weighted by atomic mass is 9.98. The van der Waals surface area contributed by atoms with Gasteiger partial charge in [0.05, 0.1) is 11.4 Å². The number of fused-ring (bicyclic) bond motifs is 3. The maximum absolute atomic E-state index is 5.92. The average molecular weight is 407 g/mol. The average Bonchev–Trinajstić information content (AvgIpc) is 3.18. The largest absolute Gasteiger partial charge is 0.397 e. The van der Waals surface area contributed by atoms with Crippen LogP contribution in [-0.2, 0) is 19.3 Å². The van der Waals surface area contributed by atoms with Crippen molar-refractivity contribution in [2.45, 2.75) is 33.1 Å². The number of nitrogen functional groups attached to an aromatic ring is 2. The van der Waals surface area contributed by atoms with Crippen molar-refractivity contribution in [1.29, 1.82) is 0 Å². The molecular formula is C29H30N2. The zero-order chi connectivity index (χ0) is 21.8. The standard InChI is InChI=1S/C15H14.C14H16N2/c1-10-7-8-14-13-6-4-3-5-12(13)9-15(14)11(10)2;15-13-8-4-7-12(14(13)16)10-9-11-5-2-1-3-6-11/h3-8H,9H2,1-2H3;1-8H,9-10,15-16H2. The van der Waals surface area contributed by atoms with E-state index in [1.807, 2.05) is 24.3 Å². The maximum Gasteiger partial charge on any atom is 0.0580 e. The molecule has 0 aliphatic heterocycles. The van der Waals surface area contributed by atoms with Crippen molar-refractivity contribution < 1.29 is 0 Å². The third kappa shape index (κ3) is 4.49. The highest BCUT2D eigenvalue weighted by atomic mass is 14.7. The molecule has 0 spiro atoms. The molecule has 0 amide bonds. The Bertz CT molecular complexity index is 1190. The second-order valence-electron chi connectivity index (χ2n) is 8.27. The zero-order valence-electron chi connectivity index (χ0n) is 18.4. The summed E-state index contributed by atoms with van der Waals surface area (Å²) < 4.78 is 0. The molecule has 156 valence electrons. The highest BCUT2D eigenvalue weighted by Gasteiger charge is 2.19. The summed E-state index contributed by atoms with van der Waals surface area (Å²) in [5.74, 6) is 0. The minimum atomic E-state index is 0.672. The van der Waals surface area contributed by atoms with Gasteiger partial charge < -0.3 is 11.5 Å². The Hall–Kier alpha value is -3.52. The van der Waals surface area contributed by atoms with Crippen molar-refractivity contribution in [3.05, 3.63) is 118 Å². The van der Waals surface area contributed by atoms with Gasteiger partial charge in [0.25, 0.3) is 0 Å². The van der Waals surface area contributed by atoms with Crippen LogP contribution in [0.5, 0.6) is 0 Å². The topological polar surface area (TPSA) is 52.0 Å². The van der Waals surface area contributed by atoms with Crippen LogP contribution in [0.25, 0.3) is 11.1 Å². The number of anilines is 2. The van der Waals surface area contributed by atoms with Crippen LogP contribution in [0, 0.1) is 13.8 Å². The summed E-state index contributed by atoms with van der Waals surface area (Å²) >= 11 is 0. The summed E-state index contributed by atoms with van der Waals surface area (Å²) in [6.45, 7) is 4.43. The van der Waals surface area contributed by atoms with Crippen molar-refractivity contribution in [1.82, 2.24) is 0 Å². The van der Waals surface area contributed by atoms with Crippen LogP contribution in [0.1, 0.15) is 33.4 Å². The molecule has 4 aromatic rings. The molecule has 4 N–H and O–H groups in total. The first-order valence-electron chi connectivity index (χ1n) is 10.9. The van der Waals surface area contributed by atoms with Crippen molar-refractivity contribution in [2.75, 3.05) is 11.5 Å². The first-order valence-corrected chi connectivity index (χ1v) is 10.9. The lowest BCUT2D eigenvalue weighted by molar-refractivity contribution is 0.963. The van der Waals surface area contributed by atoms with Crippen molar-refractivity contribution in [3.63, 3.8) is 0 Å². The van der Waals surface area contributed by atoms with Crippen LogP contribution < -0.4 is 11.5 Å². The molecule has 0 unspecified atom stereocenters. The van der Waals surface area contributed by atoms with Crippen LogP contribution in [0.2, 0.25) is 0 Å². The van der Waals surface area contributed by atoms with Crippen molar-refractivity contribution >= 4 is 11.4 Å². The minimum absolute atomic E-state index is 0.672. The monoisotopic (exact) mass is 406 g/mol. The fourth-order valence-corrected chi connectivity index (χ4v) is 4.26. The number of aryl methyl sites for hydroxylation is 3. The van der Waals surface area contributed by atoms with Gasteiger partial charge in [-0.2, -0.15) is 0 Å². The third-order valence-corrected chi connectivity index (χ3v) is 6.30. The molecule has 0 saturated heterocycles. The van der Waals surface area contributed by atoms with E-state index in [0.29, 0.717) is 5.69 Å². The Labute approximate surface area is 185 Å². The first kappa shape index (κ1) is 20.7. The molecular weight excluding hydrogens is 376 g/mol. The molecule has 31 heavy (non-hydrogen) atoms. The Morgan fingerprint density at radius 3 is 2.23 bits per heavy atom. The quantitative estimate of drug-likeness (QED) is 0.336. The number of rotatable bonds is 3. The Morgan fingerprint density at radius 2 is 1.42 bits per heavy atom. The van der Waals surface area contributed by atoms with Gasteiger partial charge in [-0.15, -0.1) is 0 Å². The van der Waals surface area contributed by atoms with E-state index in [9.17, 15) is 0 Å². The van der Waals surface area contributed by atoms with Gasteiger partial charge in [0, 0.05) is 0 Å². The number of nitrogens with two attached hydrogens (primary N) is 2. The lowest BCUT2D eigenvalue weighted by Gasteiger charge is -2.07. The summed E-state index contributed by atoms with van der Waals surface area (Å²) in [7, 11) is 0. The summed E-state index contributed by atoms with van der Waals surface area (Å²) in [4.78, 5) is 0. The summed E-state index contributed by atoms with van der Waals surface area (Å²) in [5, 5.41) is 0. The SMILES string of the molecule is Cc1ccc2c(c1C)Cc1ccccc1-2.Nc1cccc(CCc2ccccc2)c1N. The van der Waals surface area contributed by atoms with Gasteiger partial charge >= 0.3 is 0 Å². The number of hydrogen-bond acceptors (Lipinski definition) is 2. The maximum atomic E-state index is 5.92. The van der Waals surface area contributed by atoms with E-state index in [4.69, 9.17) is 11.5 Å². The molecule has 2 nitrogen and oxygen atoms in total. The van der Waals surface area contributed by atoms with Crippen LogP contribution in [0.15, 0.2) is 84.9 Å². The number of benzene rings is 4. The summed E-state index contributed by atoms with van der Waals surface area (Å²) in [5.41, 5.74) is 24.3. The van der Waals surface area contributed by atoms with Gasteiger partial charge in [-0.3, -0.25) is 0 Å². The first-order chi connectivity index (χ1) is 15.0. The number of para-hydroxylation sites is 1. The van der Waals surface area contributed by atoms with Gasteiger partial charge in [-0.1, -0.05) is 78.9 Å². The predicted octanol–water partition coefficient (Wildman–Crippen LogP) is 6.51. The molecule has 2 heteroatoms. The van der Waals surface area contributed by atoms with E-state index < -0.39 is 0 Å². The Morgan fingerprint density at radius 1 is 0.677 bits per heavy atom. The summed E-state index contributed by atoms with van der Waals surface area (Å²) in [6.07, 6.45) is 3.04. The lowest BCUT2D eigenvalue weighted by Crippen LogP contribution is -2.01. The van der Waals surface area contributed by atoms with E-state index in [1.165, 1.54) is 38.9 Å². The Balaban J connectivity index is 0.000000149. The van der Waals surface area contributed by atoms with Gasteiger partial charge in [0.1, 0.15) is 0 Å². The molecule has 0 fully saturated rings. The molecule has 0 atom stereocenters. The van der Waals surface area contributed by atoms with Crippen molar-refractivity contribution in [3.8, 4) is 11.1 Å². The van der Waals surface area contributed by atoms with Crippen molar-refractivity contribution in [2.24, 2.45) is 0 Å². The molecule has 0 aromatic heterocycles. The van der Waals surface area contributed by atoms with Crippen LogP contribution >= 0.6 is 0 Å². The normalized spacial score (nSPS) is 11.3. The minimum Gasteiger partial charge on any atom is -0.397 e. The second kappa shape index (κ2) is 9.09. The highest BCUT2D eigenvalue weighted by molar-refractivity contribution is 5.78. The van der Waals surface area contributed by atoms with Gasteiger partial charge in [0.15, 0.2) is 0 Å². The van der Waals surface area contributed by atoms with E-state index in [-0.39, 0.29) is 0 Å². The fraction of sp³-hybridized carbons (Fsp3) is 0.172. The molecule has 4 aromatic carbocycles. The molecule has 0 saturated carbocycles. The van der Waals surface area contributed by atoms with Gasteiger partial charge in [-0.25, -0.2) is 0 Å². The van der Waals surface area contributed by atoms with Crippen LogP contribution in [-0.4, -0.2) is 0 Å². The smallest absolute Gasteiger partial charge is 0.0580 e. The molecule has 0 bridgehead atoms. The molecule has 1 aliphatic rings. The van der Waals surface area contributed by atoms with E-state index in [0.717, 1.165) is 30.5 Å². The summed E-state index contributed by atoms with van der Waals surface area (Å²) in [6, 6.07) is 29.4. The predicted molar refractivity (Wildman–Crippen MR) is 133 cm³/mol. The van der Waals surface area contributed by atoms with Gasteiger partial charge in [-0.05, 0) is 83.7 Å². The van der Waals surface area contributed by atoms with Crippen LogP contribution in [0.3, 0.4) is 0 Å². The molecule has 5 rings (SSSR count). The molecule has 0 heterocycles. The second-order valence-corrected chi connectivity index (χ2v) is 8.27. The number of hydrogen-bond donors (Lipinski definition) is 2. The van der Waals surface area contributed by atoms with E-state index in [1.54, 1.807) is 0 Å². The van der Waals surface area contributed by atoms with E-state index in [2.05, 4.69) is 74.5 Å². The van der Waals surface area contributed by atoms with Gasteiger partial charge in [0.2, 0.25) is 0 Å². The Kier molecular flexibility index (Phi) is 6.08. The molecule has 0 radical (unpaired) electrons. The third-order valence-electron chi connectivity index (χ3n) is 6.30. The van der Waals surface area contributed by atoms with E-state index >= 15 is 0 Å². The zero-order valence-corrected chi connectivity index (χ0v) is 18.4. The fourth-order valence-electron chi connectivity index (χ4n) is 4.26. The highest BCUT2D eigenvalue weighted by Crippen LogP contribution is 2.38. The van der Waals surface area contributed by atoms with Crippen LogP contribution in [0.4, 0.5) is 11.4 Å². The molecule has 1 aliphatic carbocycles.